The van der Waals surface area contributed by atoms with E-state index in [1.54, 1.807) is 29.2 Å². The highest BCUT2D eigenvalue weighted by Crippen LogP contribution is 2.08. The molecule has 0 radical (unpaired) electrons. The summed E-state index contributed by atoms with van der Waals surface area (Å²) in [6, 6.07) is 11.9. The van der Waals surface area contributed by atoms with Gasteiger partial charge in [-0.15, -0.1) is 0 Å². The number of pyridine rings is 1. The molecule has 0 aliphatic rings. The third kappa shape index (κ3) is 6.03. The minimum atomic E-state index is -0.101. The van der Waals surface area contributed by atoms with E-state index in [1.807, 2.05) is 43.3 Å². The van der Waals surface area contributed by atoms with Crippen LogP contribution in [-0.2, 0) is 22.6 Å². The van der Waals surface area contributed by atoms with Crippen molar-refractivity contribution >= 4 is 11.8 Å². The van der Waals surface area contributed by atoms with Crippen molar-refractivity contribution in [2.75, 3.05) is 20.1 Å². The van der Waals surface area contributed by atoms with Crippen molar-refractivity contribution in [2.24, 2.45) is 0 Å². The van der Waals surface area contributed by atoms with Crippen molar-refractivity contribution in [2.45, 2.75) is 26.8 Å². The molecule has 1 heterocycles. The number of likely N-dealkylation sites (N-methyl/N-ethyl adjacent to an activating group) is 1. The average molecular weight is 339 g/mol. The summed E-state index contributed by atoms with van der Waals surface area (Å²) in [4.78, 5) is 31.6. The number of carbonyl (C=O) groups excluding carboxylic acids is 2. The van der Waals surface area contributed by atoms with Crippen molar-refractivity contribution in [1.82, 2.24) is 14.8 Å². The molecule has 5 heteroatoms. The zero-order valence-corrected chi connectivity index (χ0v) is 15.1. The number of hydrogen-bond donors (Lipinski definition) is 0. The average Bonchev–Trinajstić information content (AvgIpc) is 2.61. The number of aryl methyl sites for hydroxylation is 1. The maximum absolute atomic E-state index is 12.4. The van der Waals surface area contributed by atoms with E-state index in [2.05, 4.69) is 4.98 Å². The van der Waals surface area contributed by atoms with E-state index in [-0.39, 0.29) is 18.4 Å². The third-order valence-corrected chi connectivity index (χ3v) is 4.18. The minimum Gasteiger partial charge on any atom is -0.344 e. The van der Waals surface area contributed by atoms with E-state index >= 15 is 0 Å². The van der Waals surface area contributed by atoms with Crippen LogP contribution in [0.5, 0.6) is 0 Å². The molecule has 0 unspecified atom stereocenters. The zero-order valence-electron chi connectivity index (χ0n) is 15.1. The Morgan fingerprint density at radius 1 is 1.00 bits per heavy atom. The van der Waals surface area contributed by atoms with Gasteiger partial charge in [0, 0.05) is 39.5 Å². The van der Waals surface area contributed by atoms with Crippen LogP contribution in [0.15, 0.2) is 48.8 Å². The van der Waals surface area contributed by atoms with Crippen LogP contribution < -0.4 is 0 Å². The Balaban J connectivity index is 1.90. The predicted molar refractivity (Wildman–Crippen MR) is 97.8 cm³/mol. The van der Waals surface area contributed by atoms with Gasteiger partial charge in [-0.2, -0.15) is 0 Å². The van der Waals surface area contributed by atoms with E-state index < -0.39 is 0 Å². The molecule has 0 saturated carbocycles. The van der Waals surface area contributed by atoms with Gasteiger partial charge in [-0.25, -0.2) is 0 Å². The highest BCUT2D eigenvalue weighted by Gasteiger charge is 2.17. The van der Waals surface area contributed by atoms with Crippen molar-refractivity contribution in [1.29, 1.82) is 0 Å². The smallest absolute Gasteiger partial charge is 0.241 e. The van der Waals surface area contributed by atoms with Crippen LogP contribution in [0.2, 0.25) is 0 Å². The summed E-state index contributed by atoms with van der Waals surface area (Å²) in [7, 11) is 1.77. The molecular weight excluding hydrogens is 314 g/mol. The lowest BCUT2D eigenvalue weighted by Gasteiger charge is -2.24. The largest absolute Gasteiger partial charge is 0.344 e. The Hall–Kier alpha value is -2.69. The van der Waals surface area contributed by atoms with Gasteiger partial charge < -0.3 is 9.80 Å². The number of amides is 2. The SMILES string of the molecule is CC(=O)N(CC(=O)N(C)CCc1ccncc1)Cc1ccc(C)cc1. The van der Waals surface area contributed by atoms with Gasteiger partial charge in [0.1, 0.15) is 6.54 Å². The molecule has 0 N–H and O–H groups in total. The molecule has 1 aromatic heterocycles. The summed E-state index contributed by atoms with van der Waals surface area (Å²) in [5.41, 5.74) is 3.33. The summed E-state index contributed by atoms with van der Waals surface area (Å²) in [5.74, 6) is -0.159. The van der Waals surface area contributed by atoms with Crippen molar-refractivity contribution in [3.63, 3.8) is 0 Å². The van der Waals surface area contributed by atoms with E-state index in [0.29, 0.717) is 13.1 Å². The molecule has 0 atom stereocenters. The fourth-order valence-electron chi connectivity index (χ4n) is 2.45. The highest BCUT2D eigenvalue weighted by atomic mass is 16.2. The Morgan fingerprint density at radius 2 is 1.64 bits per heavy atom. The minimum absolute atomic E-state index is 0.0589. The van der Waals surface area contributed by atoms with E-state index in [9.17, 15) is 9.59 Å². The summed E-state index contributed by atoms with van der Waals surface area (Å²) >= 11 is 0. The van der Waals surface area contributed by atoms with Crippen molar-refractivity contribution in [3.05, 3.63) is 65.5 Å². The number of rotatable bonds is 7. The Kier molecular flexibility index (Phi) is 6.69. The number of carbonyl (C=O) groups is 2. The number of nitrogens with zero attached hydrogens (tertiary/aromatic N) is 3. The monoisotopic (exact) mass is 339 g/mol. The predicted octanol–water partition coefficient (Wildman–Crippen LogP) is 2.44. The van der Waals surface area contributed by atoms with Gasteiger partial charge in [-0.05, 0) is 36.6 Å². The van der Waals surface area contributed by atoms with Crippen LogP contribution in [0.1, 0.15) is 23.6 Å². The molecule has 2 aromatic rings. The molecule has 0 aliphatic carbocycles. The van der Waals surface area contributed by atoms with Gasteiger partial charge in [-0.3, -0.25) is 14.6 Å². The molecule has 0 aliphatic heterocycles. The van der Waals surface area contributed by atoms with Crippen LogP contribution in [0.25, 0.3) is 0 Å². The first-order chi connectivity index (χ1) is 12.0. The second-order valence-corrected chi connectivity index (χ2v) is 6.28. The molecule has 0 bridgehead atoms. The van der Waals surface area contributed by atoms with Gasteiger partial charge in [0.15, 0.2) is 0 Å². The van der Waals surface area contributed by atoms with Gasteiger partial charge in [0.05, 0.1) is 0 Å². The molecule has 132 valence electrons. The molecule has 5 nitrogen and oxygen atoms in total. The second-order valence-electron chi connectivity index (χ2n) is 6.28. The molecule has 25 heavy (non-hydrogen) atoms. The Bertz CT molecular complexity index is 699. The van der Waals surface area contributed by atoms with Gasteiger partial charge in [-0.1, -0.05) is 29.8 Å². The van der Waals surface area contributed by atoms with Crippen LogP contribution in [0.3, 0.4) is 0 Å². The molecule has 0 saturated heterocycles. The van der Waals surface area contributed by atoms with Gasteiger partial charge in [0.2, 0.25) is 11.8 Å². The summed E-state index contributed by atoms with van der Waals surface area (Å²) in [6.45, 7) is 4.67. The Morgan fingerprint density at radius 3 is 2.24 bits per heavy atom. The van der Waals surface area contributed by atoms with Crippen molar-refractivity contribution in [3.8, 4) is 0 Å². The van der Waals surface area contributed by atoms with E-state index in [4.69, 9.17) is 0 Å². The lowest BCUT2D eigenvalue weighted by atomic mass is 10.1. The first-order valence-electron chi connectivity index (χ1n) is 8.39. The molecule has 0 fully saturated rings. The van der Waals surface area contributed by atoms with E-state index in [1.165, 1.54) is 12.5 Å². The van der Waals surface area contributed by atoms with Crippen LogP contribution in [0, 0.1) is 6.92 Å². The fourth-order valence-corrected chi connectivity index (χ4v) is 2.45. The molecule has 2 rings (SSSR count). The quantitative estimate of drug-likeness (QED) is 0.778. The molecular formula is C20H25N3O2. The van der Waals surface area contributed by atoms with Gasteiger partial charge >= 0.3 is 0 Å². The topological polar surface area (TPSA) is 53.5 Å². The first-order valence-corrected chi connectivity index (χ1v) is 8.39. The van der Waals surface area contributed by atoms with Crippen LogP contribution in [0.4, 0.5) is 0 Å². The number of benzene rings is 1. The standard InChI is InChI=1S/C20H25N3O2/c1-16-4-6-19(7-5-16)14-23(17(2)24)15-20(25)22(3)13-10-18-8-11-21-12-9-18/h4-9,11-12H,10,13-15H2,1-3H3. The highest BCUT2D eigenvalue weighted by molar-refractivity contribution is 5.83. The fraction of sp³-hybridized carbons (Fsp3) is 0.350. The van der Waals surface area contributed by atoms with Gasteiger partial charge in [0.25, 0.3) is 0 Å². The lowest BCUT2D eigenvalue weighted by molar-refractivity contribution is -0.139. The third-order valence-electron chi connectivity index (χ3n) is 4.18. The maximum Gasteiger partial charge on any atom is 0.241 e. The normalized spacial score (nSPS) is 10.4. The number of aromatic nitrogens is 1. The Labute approximate surface area is 149 Å². The van der Waals surface area contributed by atoms with E-state index in [0.717, 1.165) is 17.5 Å². The second kappa shape index (κ2) is 8.97. The van der Waals surface area contributed by atoms with Crippen LogP contribution >= 0.6 is 0 Å². The zero-order chi connectivity index (χ0) is 18.2. The summed E-state index contributed by atoms with van der Waals surface area (Å²) in [6.07, 6.45) is 4.26. The molecule has 0 spiro atoms. The number of hydrogen-bond acceptors (Lipinski definition) is 3. The maximum atomic E-state index is 12.4. The molecule has 1 aromatic carbocycles. The summed E-state index contributed by atoms with van der Waals surface area (Å²) < 4.78 is 0. The summed E-state index contributed by atoms with van der Waals surface area (Å²) in [5, 5.41) is 0. The van der Waals surface area contributed by atoms with Crippen LogP contribution in [-0.4, -0.2) is 46.7 Å². The van der Waals surface area contributed by atoms with Crippen molar-refractivity contribution < 1.29 is 9.59 Å². The first kappa shape index (κ1) is 18.6. The molecule has 2 amide bonds. The lowest BCUT2D eigenvalue weighted by Crippen LogP contribution is -2.40.